The fourth-order valence-electron chi connectivity index (χ4n) is 1.61. The van der Waals surface area contributed by atoms with Gasteiger partial charge in [-0.1, -0.05) is 30.3 Å². The minimum absolute atomic E-state index is 0.228. The third kappa shape index (κ3) is 3.59. The molecule has 1 aromatic carbocycles. The first-order valence-corrected chi connectivity index (χ1v) is 6.02. The van der Waals surface area contributed by atoms with Gasteiger partial charge in [0, 0.05) is 6.20 Å². The molecule has 5 nitrogen and oxygen atoms in total. The van der Waals surface area contributed by atoms with E-state index in [9.17, 15) is 4.79 Å². The van der Waals surface area contributed by atoms with Crippen molar-refractivity contribution in [2.75, 3.05) is 0 Å². The molecule has 1 amide bonds. The average molecular weight is 256 g/mol. The van der Waals surface area contributed by atoms with Crippen LogP contribution in [0.4, 0.5) is 0 Å². The Morgan fingerprint density at radius 3 is 2.63 bits per heavy atom. The van der Waals surface area contributed by atoms with Crippen molar-refractivity contribution < 1.29 is 4.79 Å². The number of nitrogens with two attached hydrogens (primary N) is 1. The minimum atomic E-state index is -0.667. The molecule has 1 aromatic heterocycles. The predicted molar refractivity (Wildman–Crippen MR) is 72.0 cm³/mol. The van der Waals surface area contributed by atoms with Crippen molar-refractivity contribution in [3.63, 3.8) is 0 Å². The van der Waals surface area contributed by atoms with Crippen LogP contribution in [0.15, 0.2) is 42.7 Å². The number of carbonyl (C=O) groups excluding carboxylic acids is 1. The van der Waals surface area contributed by atoms with Crippen LogP contribution in [0.3, 0.4) is 0 Å². The van der Waals surface area contributed by atoms with E-state index >= 15 is 0 Å². The number of aryl methyl sites for hydroxylation is 1. The number of carbonyl (C=O) groups is 1. The molecule has 0 aliphatic carbocycles. The molecule has 0 bridgehead atoms. The Bertz CT molecular complexity index is 539. The maximum absolute atomic E-state index is 11.9. The standard InChI is InChI=1S/C14H16N4O/c1-10-7-17-12(8-16-10)9-18-14(19)13(15)11-5-3-2-4-6-11/h2-8,13H,9,15H2,1H3,(H,18,19)/t13-/m0/s1. The van der Waals surface area contributed by atoms with Gasteiger partial charge >= 0.3 is 0 Å². The van der Waals surface area contributed by atoms with E-state index in [-0.39, 0.29) is 5.91 Å². The molecule has 0 fully saturated rings. The molecule has 2 aromatic rings. The van der Waals surface area contributed by atoms with Crippen LogP contribution >= 0.6 is 0 Å². The molecule has 5 heteroatoms. The lowest BCUT2D eigenvalue weighted by Gasteiger charge is -2.12. The lowest BCUT2D eigenvalue weighted by molar-refractivity contribution is -0.122. The second-order valence-corrected chi connectivity index (χ2v) is 4.26. The topological polar surface area (TPSA) is 80.9 Å². The summed E-state index contributed by atoms with van der Waals surface area (Å²) in [5.74, 6) is -0.228. The lowest BCUT2D eigenvalue weighted by Crippen LogP contribution is -2.33. The third-order valence-corrected chi connectivity index (χ3v) is 2.72. The second-order valence-electron chi connectivity index (χ2n) is 4.26. The number of benzene rings is 1. The molecule has 2 rings (SSSR count). The highest BCUT2D eigenvalue weighted by molar-refractivity contribution is 5.82. The van der Waals surface area contributed by atoms with Gasteiger partial charge in [0.15, 0.2) is 0 Å². The van der Waals surface area contributed by atoms with Gasteiger partial charge in [0.1, 0.15) is 6.04 Å². The number of hydrogen-bond donors (Lipinski definition) is 2. The first-order chi connectivity index (χ1) is 9.16. The van der Waals surface area contributed by atoms with Crippen LogP contribution in [0.1, 0.15) is 23.0 Å². The Balaban J connectivity index is 1.93. The molecule has 0 radical (unpaired) electrons. The van der Waals surface area contributed by atoms with Crippen LogP contribution in [0.2, 0.25) is 0 Å². The molecule has 1 heterocycles. The first-order valence-electron chi connectivity index (χ1n) is 6.02. The summed E-state index contributed by atoms with van der Waals surface area (Å²) in [6.45, 7) is 2.19. The molecule has 3 N–H and O–H groups in total. The summed E-state index contributed by atoms with van der Waals surface area (Å²) < 4.78 is 0. The first kappa shape index (κ1) is 13.2. The zero-order valence-electron chi connectivity index (χ0n) is 10.7. The van der Waals surface area contributed by atoms with E-state index in [1.54, 1.807) is 12.4 Å². The van der Waals surface area contributed by atoms with Crippen molar-refractivity contribution in [3.05, 3.63) is 59.7 Å². The summed E-state index contributed by atoms with van der Waals surface area (Å²) in [4.78, 5) is 20.2. The van der Waals surface area contributed by atoms with Gasteiger partial charge in [-0.15, -0.1) is 0 Å². The zero-order valence-corrected chi connectivity index (χ0v) is 10.7. The third-order valence-electron chi connectivity index (χ3n) is 2.72. The molecule has 0 saturated carbocycles. The van der Waals surface area contributed by atoms with Crippen molar-refractivity contribution in [3.8, 4) is 0 Å². The van der Waals surface area contributed by atoms with E-state index in [0.29, 0.717) is 12.2 Å². The molecule has 0 saturated heterocycles. The summed E-state index contributed by atoms with van der Waals surface area (Å²) in [6, 6.07) is 8.59. The summed E-state index contributed by atoms with van der Waals surface area (Å²) in [5, 5.41) is 2.75. The lowest BCUT2D eigenvalue weighted by atomic mass is 10.1. The highest BCUT2D eigenvalue weighted by atomic mass is 16.2. The molecule has 98 valence electrons. The van der Waals surface area contributed by atoms with Gasteiger partial charge in [0.05, 0.1) is 24.1 Å². The quantitative estimate of drug-likeness (QED) is 0.858. The van der Waals surface area contributed by atoms with Crippen LogP contribution in [-0.4, -0.2) is 15.9 Å². The molecule has 0 spiro atoms. The predicted octanol–water partition coefficient (Wildman–Crippen LogP) is 1.10. The van der Waals surface area contributed by atoms with E-state index < -0.39 is 6.04 Å². The Morgan fingerprint density at radius 1 is 1.26 bits per heavy atom. The Labute approximate surface area is 111 Å². The Kier molecular flexibility index (Phi) is 4.20. The number of hydrogen-bond acceptors (Lipinski definition) is 4. The van der Waals surface area contributed by atoms with Gasteiger partial charge in [-0.25, -0.2) is 0 Å². The van der Waals surface area contributed by atoms with Crippen LogP contribution in [-0.2, 0) is 11.3 Å². The Morgan fingerprint density at radius 2 is 2.00 bits per heavy atom. The van der Waals surface area contributed by atoms with E-state index in [1.165, 1.54) is 0 Å². The SMILES string of the molecule is Cc1cnc(CNC(=O)[C@@H](N)c2ccccc2)cn1. The van der Waals surface area contributed by atoms with Gasteiger partial charge in [-0.05, 0) is 12.5 Å². The van der Waals surface area contributed by atoms with Crippen molar-refractivity contribution in [1.29, 1.82) is 0 Å². The molecular formula is C14H16N4O. The van der Waals surface area contributed by atoms with Crippen molar-refractivity contribution in [2.45, 2.75) is 19.5 Å². The van der Waals surface area contributed by atoms with Gasteiger partial charge in [0.2, 0.25) is 5.91 Å². The molecular weight excluding hydrogens is 240 g/mol. The molecule has 1 atom stereocenters. The van der Waals surface area contributed by atoms with Crippen LogP contribution in [0, 0.1) is 6.92 Å². The highest BCUT2D eigenvalue weighted by Gasteiger charge is 2.14. The number of nitrogens with one attached hydrogen (secondary N) is 1. The second kappa shape index (κ2) is 6.06. The van der Waals surface area contributed by atoms with E-state index in [2.05, 4.69) is 15.3 Å². The number of nitrogens with zero attached hydrogens (tertiary/aromatic N) is 2. The van der Waals surface area contributed by atoms with Crippen LogP contribution in [0.25, 0.3) is 0 Å². The van der Waals surface area contributed by atoms with Gasteiger partial charge in [-0.2, -0.15) is 0 Å². The normalized spacial score (nSPS) is 11.9. The zero-order chi connectivity index (χ0) is 13.7. The average Bonchev–Trinajstić information content (AvgIpc) is 2.46. The molecule has 0 unspecified atom stereocenters. The Hall–Kier alpha value is -2.27. The van der Waals surface area contributed by atoms with Gasteiger partial charge < -0.3 is 11.1 Å². The molecule has 19 heavy (non-hydrogen) atoms. The summed E-state index contributed by atoms with van der Waals surface area (Å²) in [5.41, 5.74) is 8.22. The summed E-state index contributed by atoms with van der Waals surface area (Å²) >= 11 is 0. The highest BCUT2D eigenvalue weighted by Crippen LogP contribution is 2.09. The van der Waals surface area contributed by atoms with E-state index in [4.69, 9.17) is 5.73 Å². The van der Waals surface area contributed by atoms with Crippen LogP contribution < -0.4 is 11.1 Å². The molecule has 0 aliphatic rings. The number of amides is 1. The van der Waals surface area contributed by atoms with Crippen molar-refractivity contribution in [2.24, 2.45) is 5.73 Å². The van der Waals surface area contributed by atoms with Gasteiger partial charge in [0.25, 0.3) is 0 Å². The number of aromatic nitrogens is 2. The minimum Gasteiger partial charge on any atom is -0.349 e. The smallest absolute Gasteiger partial charge is 0.241 e. The monoisotopic (exact) mass is 256 g/mol. The van der Waals surface area contributed by atoms with Crippen LogP contribution in [0.5, 0.6) is 0 Å². The maximum atomic E-state index is 11.9. The van der Waals surface area contributed by atoms with Gasteiger partial charge in [-0.3, -0.25) is 14.8 Å². The summed E-state index contributed by atoms with van der Waals surface area (Å²) in [6.07, 6.45) is 3.31. The summed E-state index contributed by atoms with van der Waals surface area (Å²) in [7, 11) is 0. The fourth-order valence-corrected chi connectivity index (χ4v) is 1.61. The van der Waals surface area contributed by atoms with E-state index in [0.717, 1.165) is 11.3 Å². The largest absolute Gasteiger partial charge is 0.349 e. The van der Waals surface area contributed by atoms with Crippen molar-refractivity contribution in [1.82, 2.24) is 15.3 Å². The molecule has 0 aliphatic heterocycles. The van der Waals surface area contributed by atoms with E-state index in [1.807, 2.05) is 37.3 Å². The maximum Gasteiger partial charge on any atom is 0.241 e. The number of rotatable bonds is 4. The van der Waals surface area contributed by atoms with Crippen molar-refractivity contribution >= 4 is 5.91 Å². The fraction of sp³-hybridized carbons (Fsp3) is 0.214.